The monoisotopic (exact) mass is 164 g/mol. The van der Waals surface area contributed by atoms with Gasteiger partial charge in [-0.1, -0.05) is 5.57 Å². The summed E-state index contributed by atoms with van der Waals surface area (Å²) < 4.78 is 4.46. The summed E-state index contributed by atoms with van der Waals surface area (Å²) in [5, 5.41) is 0. The normalized spacial score (nSPS) is 22.2. The summed E-state index contributed by atoms with van der Waals surface area (Å²) in [6.45, 7) is 1.94. The minimum absolute atomic E-state index is 0.459. The summed E-state index contributed by atoms with van der Waals surface area (Å²) in [6.07, 6.45) is 3.23. The predicted octanol–water partition coefficient (Wildman–Crippen LogP) is 1.11. The van der Waals surface area contributed by atoms with Crippen molar-refractivity contribution >= 4 is 11.9 Å². The minimum atomic E-state index is -0.492. The Hall–Kier alpha value is -1.38. The van der Waals surface area contributed by atoms with E-state index in [0.29, 0.717) is 17.6 Å². The molecule has 0 amide bonds. The standard InChI is InChI=1S/C9H8O3/c1-5-2-3-6-7(4-5)9(11)12-8(6)10/h4H,2-3H2,1H3. The quantitative estimate of drug-likeness (QED) is 0.398. The van der Waals surface area contributed by atoms with E-state index in [-0.39, 0.29) is 0 Å². The van der Waals surface area contributed by atoms with Gasteiger partial charge in [0.25, 0.3) is 0 Å². The Bertz CT molecular complexity index is 334. The summed E-state index contributed by atoms with van der Waals surface area (Å²) in [6, 6.07) is 0. The lowest BCUT2D eigenvalue weighted by molar-refractivity contribution is -0.151. The molecule has 3 heteroatoms. The molecule has 12 heavy (non-hydrogen) atoms. The Labute approximate surface area is 69.7 Å². The zero-order valence-corrected chi connectivity index (χ0v) is 6.72. The van der Waals surface area contributed by atoms with Crippen molar-refractivity contribution in [1.29, 1.82) is 0 Å². The summed E-state index contributed by atoms with van der Waals surface area (Å²) in [5.41, 5.74) is 2.13. The van der Waals surface area contributed by atoms with E-state index in [2.05, 4.69) is 4.74 Å². The van der Waals surface area contributed by atoms with E-state index in [4.69, 9.17) is 0 Å². The summed E-state index contributed by atoms with van der Waals surface area (Å²) in [5.74, 6) is -0.951. The predicted molar refractivity (Wildman–Crippen MR) is 41.1 cm³/mol. The van der Waals surface area contributed by atoms with Crippen LogP contribution in [-0.2, 0) is 14.3 Å². The summed E-state index contributed by atoms with van der Waals surface area (Å²) in [4.78, 5) is 22.0. The van der Waals surface area contributed by atoms with E-state index in [9.17, 15) is 9.59 Å². The lowest BCUT2D eigenvalue weighted by atomic mass is 9.95. The second-order valence-electron chi connectivity index (χ2n) is 3.06. The van der Waals surface area contributed by atoms with E-state index in [1.807, 2.05) is 6.92 Å². The van der Waals surface area contributed by atoms with Crippen molar-refractivity contribution in [3.63, 3.8) is 0 Å². The Kier molecular flexibility index (Phi) is 1.40. The minimum Gasteiger partial charge on any atom is -0.386 e. The second-order valence-corrected chi connectivity index (χ2v) is 3.06. The van der Waals surface area contributed by atoms with Gasteiger partial charge in [0.2, 0.25) is 0 Å². The van der Waals surface area contributed by atoms with Crippen LogP contribution in [-0.4, -0.2) is 11.9 Å². The van der Waals surface area contributed by atoms with Gasteiger partial charge in [0, 0.05) is 0 Å². The molecular weight excluding hydrogens is 156 g/mol. The first kappa shape index (κ1) is 7.28. The number of hydrogen-bond acceptors (Lipinski definition) is 3. The van der Waals surface area contributed by atoms with Crippen LogP contribution in [0.5, 0.6) is 0 Å². The van der Waals surface area contributed by atoms with Crippen LogP contribution in [0.2, 0.25) is 0 Å². The molecule has 0 saturated heterocycles. The second kappa shape index (κ2) is 2.30. The molecule has 0 aromatic carbocycles. The van der Waals surface area contributed by atoms with Crippen LogP contribution in [0.3, 0.4) is 0 Å². The van der Waals surface area contributed by atoms with Crippen molar-refractivity contribution < 1.29 is 14.3 Å². The van der Waals surface area contributed by atoms with Crippen molar-refractivity contribution in [1.82, 2.24) is 0 Å². The van der Waals surface area contributed by atoms with Gasteiger partial charge in [-0.05, 0) is 25.8 Å². The molecule has 0 unspecified atom stereocenters. The Morgan fingerprint density at radius 3 is 2.75 bits per heavy atom. The molecule has 0 aromatic rings. The number of hydrogen-bond donors (Lipinski definition) is 0. The van der Waals surface area contributed by atoms with Crippen molar-refractivity contribution in [2.45, 2.75) is 19.8 Å². The Morgan fingerprint density at radius 2 is 2.00 bits per heavy atom. The first-order chi connectivity index (χ1) is 5.68. The molecule has 0 atom stereocenters. The van der Waals surface area contributed by atoms with E-state index in [1.54, 1.807) is 6.08 Å². The van der Waals surface area contributed by atoms with Crippen LogP contribution in [0.15, 0.2) is 22.8 Å². The molecule has 1 aliphatic carbocycles. The fourth-order valence-electron chi connectivity index (χ4n) is 1.46. The first-order valence-electron chi connectivity index (χ1n) is 3.85. The third kappa shape index (κ3) is 0.897. The molecule has 1 heterocycles. The molecule has 0 aromatic heterocycles. The number of esters is 2. The van der Waals surface area contributed by atoms with Crippen molar-refractivity contribution in [2.75, 3.05) is 0 Å². The molecule has 1 aliphatic heterocycles. The fraction of sp³-hybridized carbons (Fsp3) is 0.333. The number of ether oxygens (including phenoxy) is 1. The third-order valence-electron chi connectivity index (χ3n) is 2.14. The van der Waals surface area contributed by atoms with Crippen LogP contribution >= 0.6 is 0 Å². The average molecular weight is 164 g/mol. The molecule has 2 rings (SSSR count). The maximum Gasteiger partial charge on any atom is 0.346 e. The van der Waals surface area contributed by atoms with Gasteiger partial charge in [0.05, 0.1) is 11.1 Å². The van der Waals surface area contributed by atoms with Gasteiger partial charge in [0.15, 0.2) is 0 Å². The number of rotatable bonds is 0. The number of carbonyl (C=O) groups is 2. The first-order valence-corrected chi connectivity index (χ1v) is 3.85. The Morgan fingerprint density at radius 1 is 1.25 bits per heavy atom. The summed E-state index contributed by atoms with van der Waals surface area (Å²) in [7, 11) is 0. The molecule has 0 fully saturated rings. The molecule has 0 N–H and O–H groups in total. The maximum atomic E-state index is 11.0. The highest BCUT2D eigenvalue weighted by Crippen LogP contribution is 2.29. The summed E-state index contributed by atoms with van der Waals surface area (Å²) >= 11 is 0. The highest BCUT2D eigenvalue weighted by Gasteiger charge is 2.32. The van der Waals surface area contributed by atoms with Crippen molar-refractivity contribution in [3.05, 3.63) is 22.8 Å². The molecule has 0 radical (unpaired) electrons. The molecule has 0 bridgehead atoms. The lowest BCUT2D eigenvalue weighted by Crippen LogP contribution is -2.01. The lowest BCUT2D eigenvalue weighted by Gasteiger charge is -2.06. The molecule has 0 spiro atoms. The zero-order chi connectivity index (χ0) is 8.72. The van der Waals surface area contributed by atoms with Crippen LogP contribution in [0.25, 0.3) is 0 Å². The fourth-order valence-corrected chi connectivity index (χ4v) is 1.46. The number of allylic oxidation sites excluding steroid dienone is 1. The topological polar surface area (TPSA) is 43.4 Å². The van der Waals surface area contributed by atoms with Gasteiger partial charge in [-0.25, -0.2) is 9.59 Å². The Balaban J connectivity index is 2.49. The highest BCUT2D eigenvalue weighted by atomic mass is 16.6. The maximum absolute atomic E-state index is 11.0. The number of carbonyl (C=O) groups excluding carboxylic acids is 2. The van der Waals surface area contributed by atoms with E-state index < -0.39 is 11.9 Å². The molecular formula is C9H8O3. The smallest absolute Gasteiger partial charge is 0.346 e. The zero-order valence-electron chi connectivity index (χ0n) is 6.72. The van der Waals surface area contributed by atoms with Gasteiger partial charge in [0.1, 0.15) is 0 Å². The molecule has 62 valence electrons. The van der Waals surface area contributed by atoms with Gasteiger partial charge in [-0.3, -0.25) is 0 Å². The molecule has 3 nitrogen and oxygen atoms in total. The average Bonchev–Trinajstić information content (AvgIpc) is 2.28. The van der Waals surface area contributed by atoms with Gasteiger partial charge in [-0.2, -0.15) is 0 Å². The van der Waals surface area contributed by atoms with Crippen molar-refractivity contribution in [2.24, 2.45) is 0 Å². The van der Waals surface area contributed by atoms with Gasteiger partial charge < -0.3 is 4.74 Å². The van der Waals surface area contributed by atoms with Crippen LogP contribution < -0.4 is 0 Å². The van der Waals surface area contributed by atoms with Crippen LogP contribution in [0, 0.1) is 0 Å². The van der Waals surface area contributed by atoms with Crippen LogP contribution in [0.4, 0.5) is 0 Å². The third-order valence-corrected chi connectivity index (χ3v) is 2.14. The highest BCUT2D eigenvalue weighted by molar-refractivity contribution is 6.14. The van der Waals surface area contributed by atoms with Gasteiger partial charge in [-0.15, -0.1) is 0 Å². The van der Waals surface area contributed by atoms with Crippen molar-refractivity contribution in [3.8, 4) is 0 Å². The molecule has 0 saturated carbocycles. The molecule has 2 aliphatic rings. The largest absolute Gasteiger partial charge is 0.386 e. The number of cyclic esters (lactones) is 2. The SMILES string of the molecule is CC1=CC2=C(CC1)C(=O)OC2=O. The van der Waals surface area contributed by atoms with E-state index in [1.165, 1.54) is 0 Å². The van der Waals surface area contributed by atoms with E-state index >= 15 is 0 Å². The van der Waals surface area contributed by atoms with Gasteiger partial charge >= 0.3 is 11.9 Å². The van der Waals surface area contributed by atoms with E-state index in [0.717, 1.165) is 12.0 Å². The van der Waals surface area contributed by atoms with Crippen LogP contribution in [0.1, 0.15) is 19.8 Å².